The van der Waals surface area contributed by atoms with Gasteiger partial charge in [0.25, 0.3) is 5.91 Å². The second-order valence-electron chi connectivity index (χ2n) is 4.20. The number of para-hydroxylation sites is 1. The Labute approximate surface area is 111 Å². The van der Waals surface area contributed by atoms with Gasteiger partial charge in [0.2, 0.25) is 0 Å². The Balaban J connectivity index is 2.25. The van der Waals surface area contributed by atoms with E-state index in [1.807, 2.05) is 31.2 Å². The molecule has 0 aliphatic heterocycles. The fourth-order valence-electron chi connectivity index (χ4n) is 1.87. The Hall–Kier alpha value is -2.49. The first-order valence-corrected chi connectivity index (χ1v) is 6.02. The highest BCUT2D eigenvalue weighted by molar-refractivity contribution is 6.05. The van der Waals surface area contributed by atoms with E-state index in [1.54, 1.807) is 0 Å². The molecule has 0 spiro atoms. The van der Waals surface area contributed by atoms with Gasteiger partial charge in [0.15, 0.2) is 0 Å². The molecule has 0 aromatic heterocycles. The van der Waals surface area contributed by atoms with Crippen molar-refractivity contribution in [1.82, 2.24) is 0 Å². The average Bonchev–Trinajstić information content (AvgIpc) is 2.38. The third-order valence-electron chi connectivity index (χ3n) is 2.81. The summed E-state index contributed by atoms with van der Waals surface area (Å²) in [7, 11) is 0. The zero-order valence-corrected chi connectivity index (χ0v) is 10.6. The summed E-state index contributed by atoms with van der Waals surface area (Å²) >= 11 is 0. The maximum absolute atomic E-state index is 12.1. The Kier molecular flexibility index (Phi) is 3.71. The molecule has 2 rings (SSSR count). The minimum Gasteiger partial charge on any atom is -0.508 e. The third-order valence-corrected chi connectivity index (χ3v) is 2.81. The maximum atomic E-state index is 12.1. The highest BCUT2D eigenvalue weighted by atomic mass is 16.3. The Morgan fingerprint density at radius 3 is 2.37 bits per heavy atom. The molecule has 0 aliphatic carbocycles. The predicted octanol–water partition coefficient (Wildman–Crippen LogP) is 2.91. The first kappa shape index (κ1) is 13.0. The minimum atomic E-state index is -0.368. The van der Waals surface area contributed by atoms with Crippen LogP contribution < -0.4 is 5.32 Å². The van der Waals surface area contributed by atoms with Crippen LogP contribution in [0.5, 0.6) is 11.5 Å². The molecule has 2 aromatic carbocycles. The molecule has 0 radical (unpaired) electrons. The van der Waals surface area contributed by atoms with Crippen molar-refractivity contribution < 1.29 is 15.0 Å². The summed E-state index contributed by atoms with van der Waals surface area (Å²) in [6.07, 6.45) is 0.807. The molecule has 0 saturated carbocycles. The van der Waals surface area contributed by atoms with Gasteiger partial charge in [0.05, 0.1) is 0 Å². The molecule has 19 heavy (non-hydrogen) atoms. The summed E-state index contributed by atoms with van der Waals surface area (Å²) in [5.41, 5.74) is 1.97. The lowest BCUT2D eigenvalue weighted by molar-refractivity contribution is 0.102. The Bertz CT molecular complexity index is 588. The number of aromatic hydroxyl groups is 2. The van der Waals surface area contributed by atoms with Crippen LogP contribution >= 0.6 is 0 Å². The van der Waals surface area contributed by atoms with Crippen LogP contribution in [0, 0.1) is 0 Å². The van der Waals surface area contributed by atoms with Crippen molar-refractivity contribution in [1.29, 1.82) is 0 Å². The van der Waals surface area contributed by atoms with Crippen LogP contribution in [0.4, 0.5) is 5.69 Å². The quantitative estimate of drug-likeness (QED) is 0.791. The second kappa shape index (κ2) is 5.44. The predicted molar refractivity (Wildman–Crippen MR) is 73.5 cm³/mol. The standard InChI is InChI=1S/C15H15NO3/c1-2-10-5-3-4-6-14(10)16-15(19)11-7-12(17)9-13(18)8-11/h3-9,17-18H,2H2,1H3,(H,16,19). The van der Waals surface area contributed by atoms with Gasteiger partial charge in [-0.05, 0) is 30.2 Å². The molecule has 0 aliphatic rings. The van der Waals surface area contributed by atoms with Crippen LogP contribution in [0.2, 0.25) is 0 Å². The van der Waals surface area contributed by atoms with Gasteiger partial charge in [-0.2, -0.15) is 0 Å². The van der Waals surface area contributed by atoms with Gasteiger partial charge in [-0.25, -0.2) is 0 Å². The first-order valence-electron chi connectivity index (χ1n) is 6.02. The van der Waals surface area contributed by atoms with Crippen LogP contribution in [0.1, 0.15) is 22.8 Å². The summed E-state index contributed by atoms with van der Waals surface area (Å²) in [5.74, 6) is -0.657. The van der Waals surface area contributed by atoms with Crippen LogP contribution in [0.3, 0.4) is 0 Å². The van der Waals surface area contributed by atoms with Gasteiger partial charge in [-0.3, -0.25) is 4.79 Å². The Morgan fingerprint density at radius 2 is 1.74 bits per heavy atom. The molecule has 3 N–H and O–H groups in total. The molecule has 0 bridgehead atoms. The molecular formula is C15H15NO3. The van der Waals surface area contributed by atoms with Gasteiger partial charge in [-0.1, -0.05) is 25.1 Å². The number of carbonyl (C=O) groups excluding carboxylic acids is 1. The molecule has 98 valence electrons. The van der Waals surface area contributed by atoms with Gasteiger partial charge in [0, 0.05) is 17.3 Å². The number of phenols is 2. The number of aryl methyl sites for hydroxylation is 1. The van der Waals surface area contributed by atoms with Crippen LogP contribution in [0.15, 0.2) is 42.5 Å². The normalized spacial score (nSPS) is 10.2. The van der Waals surface area contributed by atoms with Crippen molar-refractivity contribution in [3.8, 4) is 11.5 Å². The monoisotopic (exact) mass is 257 g/mol. The van der Waals surface area contributed by atoms with E-state index in [1.165, 1.54) is 18.2 Å². The molecule has 4 nitrogen and oxygen atoms in total. The van der Waals surface area contributed by atoms with Gasteiger partial charge in [-0.15, -0.1) is 0 Å². The zero-order valence-electron chi connectivity index (χ0n) is 10.6. The average molecular weight is 257 g/mol. The van der Waals surface area contributed by atoms with E-state index in [0.717, 1.165) is 17.7 Å². The fraction of sp³-hybridized carbons (Fsp3) is 0.133. The highest BCUT2D eigenvalue weighted by Gasteiger charge is 2.10. The van der Waals surface area contributed by atoms with Crippen molar-refractivity contribution in [2.75, 3.05) is 5.32 Å². The van der Waals surface area contributed by atoms with Gasteiger partial charge in [0.1, 0.15) is 11.5 Å². The number of amides is 1. The number of nitrogens with one attached hydrogen (secondary N) is 1. The SMILES string of the molecule is CCc1ccccc1NC(=O)c1cc(O)cc(O)c1. The lowest BCUT2D eigenvalue weighted by Crippen LogP contribution is -2.13. The summed E-state index contributed by atoms with van der Waals surface area (Å²) in [4.78, 5) is 12.1. The van der Waals surface area contributed by atoms with Crippen molar-refractivity contribution in [2.45, 2.75) is 13.3 Å². The molecule has 0 heterocycles. The molecule has 0 saturated heterocycles. The first-order chi connectivity index (χ1) is 9.10. The van der Waals surface area contributed by atoms with E-state index < -0.39 is 0 Å². The van der Waals surface area contributed by atoms with Crippen LogP contribution in [-0.4, -0.2) is 16.1 Å². The van der Waals surface area contributed by atoms with E-state index in [9.17, 15) is 15.0 Å². The van der Waals surface area contributed by atoms with E-state index in [4.69, 9.17) is 0 Å². The Morgan fingerprint density at radius 1 is 1.11 bits per heavy atom. The largest absolute Gasteiger partial charge is 0.508 e. The van der Waals surface area contributed by atoms with E-state index in [2.05, 4.69) is 5.32 Å². The molecule has 0 fully saturated rings. The molecule has 1 amide bonds. The smallest absolute Gasteiger partial charge is 0.255 e. The van der Waals surface area contributed by atoms with Crippen LogP contribution in [0.25, 0.3) is 0 Å². The summed E-state index contributed by atoms with van der Waals surface area (Å²) in [5, 5.41) is 21.5. The summed E-state index contributed by atoms with van der Waals surface area (Å²) in [6.45, 7) is 2.01. The maximum Gasteiger partial charge on any atom is 0.255 e. The lowest BCUT2D eigenvalue weighted by atomic mass is 10.1. The highest BCUT2D eigenvalue weighted by Crippen LogP contribution is 2.22. The van der Waals surface area contributed by atoms with Gasteiger partial charge < -0.3 is 15.5 Å². The molecular weight excluding hydrogens is 242 g/mol. The van der Waals surface area contributed by atoms with Crippen molar-refractivity contribution in [2.24, 2.45) is 0 Å². The molecule has 4 heteroatoms. The van der Waals surface area contributed by atoms with E-state index >= 15 is 0 Å². The molecule has 0 unspecified atom stereocenters. The third kappa shape index (κ3) is 3.04. The summed E-state index contributed by atoms with van der Waals surface area (Å²) < 4.78 is 0. The number of hydrogen-bond donors (Lipinski definition) is 3. The summed E-state index contributed by atoms with van der Waals surface area (Å²) in [6, 6.07) is 11.3. The number of hydrogen-bond acceptors (Lipinski definition) is 3. The minimum absolute atomic E-state index is 0.145. The number of phenolic OH excluding ortho intramolecular Hbond substituents is 2. The number of anilines is 1. The van der Waals surface area contributed by atoms with Crippen LogP contribution in [-0.2, 0) is 6.42 Å². The molecule has 2 aromatic rings. The number of rotatable bonds is 3. The topological polar surface area (TPSA) is 69.6 Å². The van der Waals surface area contributed by atoms with Gasteiger partial charge >= 0.3 is 0 Å². The zero-order chi connectivity index (χ0) is 13.8. The van der Waals surface area contributed by atoms with Crippen molar-refractivity contribution >= 4 is 11.6 Å². The van der Waals surface area contributed by atoms with Crippen molar-refractivity contribution in [3.05, 3.63) is 53.6 Å². The van der Waals surface area contributed by atoms with E-state index in [0.29, 0.717) is 0 Å². The lowest BCUT2D eigenvalue weighted by Gasteiger charge is -2.10. The van der Waals surface area contributed by atoms with E-state index in [-0.39, 0.29) is 23.0 Å². The number of benzene rings is 2. The van der Waals surface area contributed by atoms with Crippen molar-refractivity contribution in [3.63, 3.8) is 0 Å². The molecule has 0 atom stereocenters. The fourth-order valence-corrected chi connectivity index (χ4v) is 1.87. The number of carbonyl (C=O) groups is 1. The second-order valence-corrected chi connectivity index (χ2v) is 4.20.